The predicted molar refractivity (Wildman–Crippen MR) is 216 cm³/mol. The fourth-order valence-electron chi connectivity index (χ4n) is 6.11. The number of thiophene rings is 2. The van der Waals surface area contributed by atoms with E-state index in [-0.39, 0.29) is 11.8 Å². The number of hydrogen-bond donors (Lipinski definition) is 4. The largest absolute Gasteiger partial charge is 0.338 e. The first-order chi connectivity index (χ1) is 25.2. The first kappa shape index (κ1) is 32.7. The van der Waals surface area contributed by atoms with Crippen molar-refractivity contribution in [2.45, 2.75) is 6.92 Å². The Morgan fingerprint density at radius 2 is 1.13 bits per heavy atom. The summed E-state index contributed by atoms with van der Waals surface area (Å²) in [5.74, 6) is 0.825. The number of nitrogens with zero attached hydrogens (tertiary/aromatic N) is 2. The van der Waals surface area contributed by atoms with Crippen molar-refractivity contribution in [2.24, 2.45) is 0 Å². The first-order valence-corrected chi connectivity index (χ1v) is 18.7. The summed E-state index contributed by atoms with van der Waals surface area (Å²) >= 11 is 21.9. The maximum Gasteiger partial charge on any atom is 0.267 e. The number of halogens is 3. The lowest BCUT2D eigenvalue weighted by atomic mass is 10.2. The van der Waals surface area contributed by atoms with Crippen molar-refractivity contribution in [1.82, 2.24) is 19.9 Å². The molecule has 0 bridgehead atoms. The molecular weight excluding hydrogens is 755 g/mol. The van der Waals surface area contributed by atoms with E-state index in [2.05, 4.69) is 20.6 Å². The molecule has 0 saturated carbocycles. The SMILES string of the molecule is Cc1ccc2c(Cl)c(C(=O)Nc3ccc4nc(-c5ccc6nc(-c7ccc(NC(=O)c8sc9cc(Cl)ccc9c8Cl)cc7)[nH]c6c5)[nH]c4c3)sc2c1. The standard InChI is InChI=1S/C39H23Cl3N6O2S2/c1-18-2-10-24-30(14-18)51-35(32(24)41)39(50)44-23-9-13-27-29(17-23)48-37(46-27)20-5-12-26-28(15-20)47-36(45-26)19-3-7-22(8-4-19)43-38(49)34-33(42)25-11-6-21(40)16-31(25)52-34/h2-17H,1H3,(H,43,49)(H,44,50)(H,45,47)(H,46,48). The van der Waals surface area contributed by atoms with E-state index in [0.717, 1.165) is 58.9 Å². The molecule has 5 aromatic carbocycles. The zero-order valence-corrected chi connectivity index (χ0v) is 30.8. The average Bonchev–Trinajstić information content (AvgIpc) is 3.91. The summed E-state index contributed by atoms with van der Waals surface area (Å²) in [6.07, 6.45) is 0. The van der Waals surface area contributed by atoms with Crippen LogP contribution in [0.1, 0.15) is 24.9 Å². The van der Waals surface area contributed by atoms with Gasteiger partial charge in [0, 0.05) is 47.7 Å². The van der Waals surface area contributed by atoms with E-state index in [0.29, 0.717) is 47.8 Å². The van der Waals surface area contributed by atoms with Gasteiger partial charge in [-0.15, -0.1) is 22.7 Å². The molecule has 2 amide bonds. The van der Waals surface area contributed by atoms with Crippen LogP contribution in [0.2, 0.25) is 15.1 Å². The molecule has 9 rings (SSSR count). The van der Waals surface area contributed by atoms with Crippen LogP contribution in [0.5, 0.6) is 0 Å². The van der Waals surface area contributed by atoms with Crippen molar-refractivity contribution < 1.29 is 9.59 Å². The summed E-state index contributed by atoms with van der Waals surface area (Å²) < 4.78 is 1.83. The number of benzene rings is 5. The lowest BCUT2D eigenvalue weighted by Gasteiger charge is -2.05. The third-order valence-electron chi connectivity index (χ3n) is 8.70. The molecule has 0 atom stereocenters. The minimum absolute atomic E-state index is 0.258. The number of rotatable bonds is 6. The van der Waals surface area contributed by atoms with Gasteiger partial charge in [0.2, 0.25) is 0 Å². The molecular formula is C39H23Cl3N6O2S2. The summed E-state index contributed by atoms with van der Waals surface area (Å²) in [7, 11) is 0. The third-order valence-corrected chi connectivity index (χ3v) is 12.2. The Hall–Kier alpha value is -5.23. The predicted octanol–water partition coefficient (Wildman–Crippen LogP) is 12.0. The molecule has 52 heavy (non-hydrogen) atoms. The molecule has 0 fully saturated rings. The van der Waals surface area contributed by atoms with E-state index in [1.54, 1.807) is 12.1 Å². The van der Waals surface area contributed by atoms with Crippen LogP contribution in [0.15, 0.2) is 97.1 Å². The third kappa shape index (κ3) is 5.88. The molecule has 4 heterocycles. The minimum Gasteiger partial charge on any atom is -0.338 e. The minimum atomic E-state index is -0.287. The highest BCUT2D eigenvalue weighted by atomic mass is 35.5. The molecule has 0 spiro atoms. The maximum atomic E-state index is 13.2. The molecule has 0 aliphatic heterocycles. The fraction of sp³-hybridized carbons (Fsp3) is 0.0256. The summed E-state index contributed by atoms with van der Waals surface area (Å²) in [4.78, 5) is 43.5. The topological polar surface area (TPSA) is 116 Å². The van der Waals surface area contributed by atoms with Crippen molar-refractivity contribution in [1.29, 1.82) is 0 Å². The molecule has 0 saturated heterocycles. The number of anilines is 2. The van der Waals surface area contributed by atoms with Gasteiger partial charge < -0.3 is 20.6 Å². The average molecular weight is 778 g/mol. The lowest BCUT2D eigenvalue weighted by molar-refractivity contribution is 0.102. The number of hydrogen-bond acceptors (Lipinski definition) is 6. The zero-order valence-electron chi connectivity index (χ0n) is 26.9. The Kier molecular flexibility index (Phi) is 8.02. The summed E-state index contributed by atoms with van der Waals surface area (Å²) in [6.45, 7) is 2.01. The lowest BCUT2D eigenvalue weighted by Crippen LogP contribution is -2.10. The highest BCUT2D eigenvalue weighted by molar-refractivity contribution is 7.22. The summed E-state index contributed by atoms with van der Waals surface area (Å²) in [6, 6.07) is 30.2. The van der Waals surface area contributed by atoms with Crippen molar-refractivity contribution in [3.05, 3.63) is 127 Å². The van der Waals surface area contributed by atoms with Crippen LogP contribution in [0, 0.1) is 6.92 Å². The van der Waals surface area contributed by atoms with Crippen LogP contribution in [0.25, 0.3) is 65.0 Å². The number of H-pyrrole nitrogens is 2. The number of carbonyl (C=O) groups excluding carboxylic acids is 2. The number of aromatic amines is 2. The van der Waals surface area contributed by atoms with Crippen LogP contribution >= 0.6 is 57.5 Å². The Balaban J connectivity index is 0.915. The smallest absolute Gasteiger partial charge is 0.267 e. The molecule has 8 nitrogen and oxygen atoms in total. The number of aromatic nitrogens is 4. The van der Waals surface area contributed by atoms with E-state index in [1.165, 1.54) is 22.7 Å². The highest BCUT2D eigenvalue weighted by Crippen LogP contribution is 2.38. The van der Waals surface area contributed by atoms with E-state index in [1.807, 2.05) is 91.9 Å². The number of carbonyl (C=O) groups is 2. The Labute approximate surface area is 318 Å². The molecule has 0 aliphatic rings. The number of aryl methyl sites for hydroxylation is 1. The van der Waals surface area contributed by atoms with Gasteiger partial charge in [-0.2, -0.15) is 0 Å². The fourth-order valence-corrected chi connectivity index (χ4v) is 9.31. The molecule has 13 heteroatoms. The van der Waals surface area contributed by atoms with Gasteiger partial charge in [0.15, 0.2) is 0 Å². The van der Waals surface area contributed by atoms with Crippen molar-refractivity contribution in [3.63, 3.8) is 0 Å². The van der Waals surface area contributed by atoms with Crippen molar-refractivity contribution in [3.8, 4) is 22.8 Å². The second kappa shape index (κ2) is 12.8. The molecule has 4 aromatic heterocycles. The quantitative estimate of drug-likeness (QED) is 0.134. The highest BCUT2D eigenvalue weighted by Gasteiger charge is 2.20. The first-order valence-electron chi connectivity index (χ1n) is 16.0. The zero-order chi connectivity index (χ0) is 35.7. The number of nitrogens with one attached hydrogen (secondary N) is 4. The summed E-state index contributed by atoms with van der Waals surface area (Å²) in [5, 5.41) is 9.05. The monoisotopic (exact) mass is 776 g/mol. The van der Waals surface area contributed by atoms with E-state index in [9.17, 15) is 9.59 Å². The normalized spacial score (nSPS) is 11.6. The van der Waals surface area contributed by atoms with Crippen LogP contribution < -0.4 is 10.6 Å². The van der Waals surface area contributed by atoms with E-state index >= 15 is 0 Å². The molecule has 0 radical (unpaired) electrons. The number of amides is 2. The van der Waals surface area contributed by atoms with Crippen molar-refractivity contribution in [2.75, 3.05) is 10.6 Å². The maximum absolute atomic E-state index is 13.2. The summed E-state index contributed by atoms with van der Waals surface area (Å²) in [5.41, 5.74) is 7.28. The molecule has 9 aromatic rings. The van der Waals surface area contributed by atoms with E-state index in [4.69, 9.17) is 44.8 Å². The molecule has 4 N–H and O–H groups in total. The molecule has 0 aliphatic carbocycles. The van der Waals surface area contributed by atoms with Crippen LogP contribution in [0.3, 0.4) is 0 Å². The Morgan fingerprint density at radius 3 is 1.83 bits per heavy atom. The van der Waals surface area contributed by atoms with Gasteiger partial charge in [-0.25, -0.2) is 9.97 Å². The Bertz CT molecular complexity index is 2910. The van der Waals surface area contributed by atoms with Crippen LogP contribution in [-0.2, 0) is 0 Å². The van der Waals surface area contributed by atoms with Gasteiger partial charge in [-0.3, -0.25) is 9.59 Å². The molecule has 254 valence electrons. The van der Waals surface area contributed by atoms with Gasteiger partial charge in [0.1, 0.15) is 21.4 Å². The van der Waals surface area contributed by atoms with Gasteiger partial charge >= 0.3 is 0 Å². The van der Waals surface area contributed by atoms with Crippen molar-refractivity contribution >= 4 is 123 Å². The van der Waals surface area contributed by atoms with E-state index < -0.39 is 0 Å². The number of fused-ring (bicyclic) bond motifs is 4. The van der Waals surface area contributed by atoms with Gasteiger partial charge in [-0.1, -0.05) is 53.0 Å². The Morgan fingerprint density at radius 1 is 0.596 bits per heavy atom. The van der Waals surface area contributed by atoms with Gasteiger partial charge in [0.25, 0.3) is 11.8 Å². The second-order valence-corrected chi connectivity index (χ2v) is 15.5. The molecule has 0 unspecified atom stereocenters. The van der Waals surface area contributed by atoms with Crippen LogP contribution in [0.4, 0.5) is 11.4 Å². The second-order valence-electron chi connectivity index (χ2n) is 12.3. The van der Waals surface area contributed by atoms with Gasteiger partial charge in [-0.05, 0) is 91.3 Å². The number of imidazole rings is 2. The van der Waals surface area contributed by atoms with Gasteiger partial charge in [0.05, 0.1) is 32.1 Å². The van der Waals surface area contributed by atoms with Crippen LogP contribution in [-0.4, -0.2) is 31.8 Å².